The van der Waals surface area contributed by atoms with Gasteiger partial charge in [-0.15, -0.1) is 0 Å². The number of aliphatic hydroxyl groups excluding tert-OH is 1. The van der Waals surface area contributed by atoms with Crippen molar-refractivity contribution in [1.82, 2.24) is 5.32 Å². The van der Waals surface area contributed by atoms with Crippen molar-refractivity contribution in [3.05, 3.63) is 0 Å². The third-order valence-electron chi connectivity index (χ3n) is 3.78. The number of nitrogens with one attached hydrogen (secondary N) is 1. The molecule has 0 aromatic rings. The molecule has 102 valence electrons. The molecule has 0 aromatic heterocycles. The maximum Gasteiger partial charge on any atom is 0.153 e. The highest BCUT2D eigenvalue weighted by Crippen LogP contribution is 2.36. The predicted octanol–water partition coefficient (Wildman–Crippen LogP) is 0.952. The van der Waals surface area contributed by atoms with Crippen LogP contribution in [0.1, 0.15) is 39.5 Å². The fourth-order valence-electron chi connectivity index (χ4n) is 2.32. The molecule has 0 saturated heterocycles. The average Bonchev–Trinajstić information content (AvgIpc) is 2.74. The number of aliphatic hydroxyl groups is 1. The number of hydrogen-bond donors (Lipinski definition) is 2. The minimum Gasteiger partial charge on any atom is -0.396 e. The van der Waals surface area contributed by atoms with Crippen molar-refractivity contribution < 1.29 is 13.5 Å². The Morgan fingerprint density at radius 3 is 2.35 bits per heavy atom. The van der Waals surface area contributed by atoms with E-state index in [9.17, 15) is 13.5 Å². The van der Waals surface area contributed by atoms with Gasteiger partial charge in [0.05, 0.1) is 11.0 Å². The molecule has 0 spiro atoms. The van der Waals surface area contributed by atoms with Gasteiger partial charge >= 0.3 is 0 Å². The molecule has 1 rings (SSSR count). The second kappa shape index (κ2) is 6.16. The third kappa shape index (κ3) is 4.23. The first-order chi connectivity index (χ1) is 7.92. The van der Waals surface area contributed by atoms with Gasteiger partial charge in [-0.2, -0.15) is 0 Å². The van der Waals surface area contributed by atoms with Crippen molar-refractivity contribution in [3.63, 3.8) is 0 Å². The molecule has 17 heavy (non-hydrogen) atoms. The zero-order chi connectivity index (χ0) is 12.9. The monoisotopic (exact) mass is 263 g/mol. The zero-order valence-electron chi connectivity index (χ0n) is 10.9. The largest absolute Gasteiger partial charge is 0.396 e. The van der Waals surface area contributed by atoms with E-state index < -0.39 is 9.84 Å². The summed E-state index contributed by atoms with van der Waals surface area (Å²) < 4.78 is 23.2. The molecule has 0 bridgehead atoms. The summed E-state index contributed by atoms with van der Waals surface area (Å²) in [6.45, 7) is 4.85. The van der Waals surface area contributed by atoms with E-state index in [2.05, 4.69) is 5.32 Å². The first-order valence-corrected chi connectivity index (χ1v) is 8.17. The summed E-state index contributed by atoms with van der Waals surface area (Å²) in [6.07, 6.45) is 4.44. The lowest BCUT2D eigenvalue weighted by atomic mass is 9.87. The van der Waals surface area contributed by atoms with E-state index >= 15 is 0 Å². The molecule has 5 heteroatoms. The standard InChI is InChI=1S/C12H25NO3S/c1-11(2)17(15,16)8-7-13-9-12(10-14)5-3-4-6-12/h11,13-14H,3-10H2,1-2H3. The smallest absolute Gasteiger partial charge is 0.153 e. The van der Waals surface area contributed by atoms with Gasteiger partial charge < -0.3 is 10.4 Å². The molecule has 1 fully saturated rings. The summed E-state index contributed by atoms with van der Waals surface area (Å²) in [6, 6.07) is 0. The molecular weight excluding hydrogens is 238 g/mol. The average molecular weight is 263 g/mol. The first kappa shape index (κ1) is 14.9. The van der Waals surface area contributed by atoms with Crippen LogP contribution >= 0.6 is 0 Å². The third-order valence-corrected chi connectivity index (χ3v) is 5.99. The van der Waals surface area contributed by atoms with Crippen LogP contribution in [0.15, 0.2) is 0 Å². The fourth-order valence-corrected chi connectivity index (χ4v) is 3.22. The Morgan fingerprint density at radius 2 is 1.88 bits per heavy atom. The fraction of sp³-hybridized carbons (Fsp3) is 1.00. The van der Waals surface area contributed by atoms with E-state index in [1.54, 1.807) is 13.8 Å². The summed E-state index contributed by atoms with van der Waals surface area (Å²) in [5.74, 6) is 0.187. The van der Waals surface area contributed by atoms with E-state index in [1.165, 1.54) is 12.8 Å². The second-order valence-corrected chi connectivity index (χ2v) is 8.13. The molecule has 2 N–H and O–H groups in total. The molecule has 0 unspecified atom stereocenters. The first-order valence-electron chi connectivity index (χ1n) is 6.45. The molecule has 4 nitrogen and oxygen atoms in total. The van der Waals surface area contributed by atoms with Crippen molar-refractivity contribution in [3.8, 4) is 0 Å². The number of hydrogen-bond acceptors (Lipinski definition) is 4. The Bertz CT molecular complexity index is 319. The summed E-state index contributed by atoms with van der Waals surface area (Å²) in [4.78, 5) is 0. The van der Waals surface area contributed by atoms with E-state index in [0.717, 1.165) is 19.4 Å². The van der Waals surface area contributed by atoms with Gasteiger partial charge in [-0.05, 0) is 26.7 Å². The van der Waals surface area contributed by atoms with Crippen LogP contribution in [0.4, 0.5) is 0 Å². The van der Waals surface area contributed by atoms with Gasteiger partial charge in [0.15, 0.2) is 9.84 Å². The van der Waals surface area contributed by atoms with Crippen LogP contribution in [-0.2, 0) is 9.84 Å². The van der Waals surface area contributed by atoms with Crippen molar-refractivity contribution in [2.75, 3.05) is 25.4 Å². The maximum atomic E-state index is 11.6. The Labute approximate surface area is 105 Å². The molecule has 1 saturated carbocycles. The normalized spacial score (nSPS) is 20.0. The summed E-state index contributed by atoms with van der Waals surface area (Å²) in [7, 11) is -2.95. The highest BCUT2D eigenvalue weighted by molar-refractivity contribution is 7.92. The van der Waals surface area contributed by atoms with Gasteiger partial charge in [0, 0.05) is 25.1 Å². The highest BCUT2D eigenvalue weighted by atomic mass is 32.2. The van der Waals surface area contributed by atoms with Gasteiger partial charge in [0.25, 0.3) is 0 Å². The summed E-state index contributed by atoms with van der Waals surface area (Å²) in [5, 5.41) is 12.3. The van der Waals surface area contributed by atoms with Crippen LogP contribution in [0.2, 0.25) is 0 Å². The van der Waals surface area contributed by atoms with Crippen molar-refractivity contribution in [1.29, 1.82) is 0 Å². The van der Waals surface area contributed by atoms with Gasteiger partial charge in [-0.3, -0.25) is 0 Å². The van der Waals surface area contributed by atoms with Gasteiger partial charge in [0.1, 0.15) is 0 Å². The van der Waals surface area contributed by atoms with Gasteiger partial charge in [0.2, 0.25) is 0 Å². The predicted molar refractivity (Wildman–Crippen MR) is 69.8 cm³/mol. The lowest BCUT2D eigenvalue weighted by Gasteiger charge is -2.26. The maximum absolute atomic E-state index is 11.6. The van der Waals surface area contributed by atoms with Gasteiger partial charge in [-0.25, -0.2) is 8.42 Å². The van der Waals surface area contributed by atoms with E-state index in [-0.39, 0.29) is 23.0 Å². The van der Waals surface area contributed by atoms with E-state index in [1.807, 2.05) is 0 Å². The molecule has 1 aliphatic carbocycles. The minimum atomic E-state index is -2.95. The quantitative estimate of drug-likeness (QED) is 0.671. The lowest BCUT2D eigenvalue weighted by Crippen LogP contribution is -2.37. The number of rotatable bonds is 7. The molecule has 0 atom stereocenters. The second-order valence-electron chi connectivity index (χ2n) is 5.46. The van der Waals surface area contributed by atoms with Crippen LogP contribution in [0.5, 0.6) is 0 Å². The molecule has 1 aliphatic rings. The van der Waals surface area contributed by atoms with Crippen molar-refractivity contribution in [2.24, 2.45) is 5.41 Å². The van der Waals surface area contributed by atoms with Crippen LogP contribution in [-0.4, -0.2) is 44.2 Å². The van der Waals surface area contributed by atoms with E-state index in [4.69, 9.17) is 0 Å². The number of sulfone groups is 1. The Balaban J connectivity index is 2.28. The molecule has 0 radical (unpaired) electrons. The minimum absolute atomic E-state index is 0.00158. The summed E-state index contributed by atoms with van der Waals surface area (Å²) in [5.41, 5.74) is 0.00158. The molecular formula is C12H25NO3S. The Kier molecular flexibility index (Phi) is 5.41. The Hall–Kier alpha value is -0.130. The summed E-state index contributed by atoms with van der Waals surface area (Å²) >= 11 is 0. The lowest BCUT2D eigenvalue weighted by molar-refractivity contribution is 0.129. The van der Waals surface area contributed by atoms with Gasteiger partial charge in [-0.1, -0.05) is 12.8 Å². The zero-order valence-corrected chi connectivity index (χ0v) is 11.7. The van der Waals surface area contributed by atoms with Crippen LogP contribution in [0.3, 0.4) is 0 Å². The molecule has 0 aromatic carbocycles. The SMILES string of the molecule is CC(C)S(=O)(=O)CCNCC1(CO)CCCC1. The highest BCUT2D eigenvalue weighted by Gasteiger charge is 2.32. The van der Waals surface area contributed by atoms with Crippen LogP contribution in [0, 0.1) is 5.41 Å². The van der Waals surface area contributed by atoms with E-state index in [0.29, 0.717) is 6.54 Å². The van der Waals surface area contributed by atoms with Crippen LogP contribution in [0.25, 0.3) is 0 Å². The van der Waals surface area contributed by atoms with Crippen molar-refractivity contribution >= 4 is 9.84 Å². The van der Waals surface area contributed by atoms with Crippen molar-refractivity contribution in [2.45, 2.75) is 44.8 Å². The molecule has 0 heterocycles. The molecule has 0 aliphatic heterocycles. The Morgan fingerprint density at radius 1 is 1.29 bits per heavy atom. The molecule has 0 amide bonds. The van der Waals surface area contributed by atoms with Crippen LogP contribution < -0.4 is 5.32 Å². The topological polar surface area (TPSA) is 66.4 Å².